The fourth-order valence-corrected chi connectivity index (χ4v) is 5.91. The molecule has 6 nitrogen and oxygen atoms in total. The molecule has 6 heteroatoms. The molecule has 1 unspecified atom stereocenters. The third-order valence-electron chi connectivity index (χ3n) is 9.16. The zero-order valence-corrected chi connectivity index (χ0v) is 33.2. The second-order valence-electron chi connectivity index (χ2n) is 14.3. The largest absolute Gasteiger partial charge is 0.462 e. The van der Waals surface area contributed by atoms with Gasteiger partial charge in [-0.05, 0) is 64.2 Å². The van der Waals surface area contributed by atoms with Crippen molar-refractivity contribution in [2.24, 2.45) is 0 Å². The lowest BCUT2D eigenvalue weighted by atomic mass is 10.1. The van der Waals surface area contributed by atoms with Gasteiger partial charge in [-0.3, -0.25) is 14.4 Å². The Bertz CT molecular complexity index is 819. The summed E-state index contributed by atoms with van der Waals surface area (Å²) in [6.45, 7) is 6.51. The lowest BCUT2D eigenvalue weighted by Gasteiger charge is -2.18. The van der Waals surface area contributed by atoms with Gasteiger partial charge in [0, 0.05) is 19.3 Å². The summed E-state index contributed by atoms with van der Waals surface area (Å²) in [5, 5.41) is 0. The molecule has 0 amide bonds. The molecule has 0 aromatic heterocycles. The molecule has 0 saturated heterocycles. The number of hydrogen-bond donors (Lipinski definition) is 0. The molecular formula is C44H80O6. The van der Waals surface area contributed by atoms with Crippen molar-refractivity contribution in [1.82, 2.24) is 0 Å². The summed E-state index contributed by atoms with van der Waals surface area (Å²) in [5.74, 6) is -0.897. The number of carbonyl (C=O) groups excluding carboxylic acids is 3. The van der Waals surface area contributed by atoms with Crippen molar-refractivity contribution >= 4 is 17.9 Å². The number of hydrogen-bond acceptors (Lipinski definition) is 6. The first kappa shape index (κ1) is 47.9. The van der Waals surface area contributed by atoms with Gasteiger partial charge in [0.2, 0.25) is 0 Å². The average molecular weight is 705 g/mol. The van der Waals surface area contributed by atoms with Crippen LogP contribution in [-0.4, -0.2) is 37.2 Å². The van der Waals surface area contributed by atoms with Crippen molar-refractivity contribution in [2.45, 2.75) is 226 Å². The summed E-state index contributed by atoms with van der Waals surface area (Å²) in [7, 11) is 0. The summed E-state index contributed by atoms with van der Waals surface area (Å²) in [4.78, 5) is 37.5. The van der Waals surface area contributed by atoms with Crippen LogP contribution in [0.4, 0.5) is 0 Å². The highest BCUT2D eigenvalue weighted by atomic mass is 16.6. The first-order valence-electron chi connectivity index (χ1n) is 21.3. The standard InChI is InChI=1S/C44H80O6/c1-4-7-10-13-16-19-22-23-26-28-31-34-37-43(46)49-40-41(50-44(47)38-35-32-29-25-21-18-15-12-9-6-3)39-48-42(45)36-33-30-27-24-20-17-14-11-8-5-2/h12,15-16,19,41H,4-11,13-14,17-18,20-40H2,1-3H3/b15-12-,19-16-. The Kier molecular flexibility index (Phi) is 38.0. The SMILES string of the molecule is CCC/C=C\CCCCCCCC(=O)OC(COC(=O)CCCCCCC/C=C\CCCCC)COC(=O)CCCCCCCCCCCC. The van der Waals surface area contributed by atoms with Gasteiger partial charge >= 0.3 is 17.9 Å². The third-order valence-corrected chi connectivity index (χ3v) is 9.16. The zero-order valence-electron chi connectivity index (χ0n) is 33.2. The number of allylic oxidation sites excluding steroid dienone is 4. The van der Waals surface area contributed by atoms with E-state index in [1.165, 1.54) is 96.3 Å². The number of rotatable bonds is 38. The Morgan fingerprint density at radius 1 is 0.380 bits per heavy atom. The van der Waals surface area contributed by atoms with E-state index in [-0.39, 0.29) is 31.1 Å². The number of unbranched alkanes of at least 4 members (excludes halogenated alkanes) is 23. The summed E-state index contributed by atoms with van der Waals surface area (Å²) in [6.07, 6.45) is 41.6. The van der Waals surface area contributed by atoms with Crippen LogP contribution in [0.15, 0.2) is 24.3 Å². The average Bonchev–Trinajstić information content (AvgIpc) is 3.11. The van der Waals surface area contributed by atoms with Crippen LogP contribution in [0.3, 0.4) is 0 Å². The summed E-state index contributed by atoms with van der Waals surface area (Å²) < 4.78 is 16.6. The normalized spacial score (nSPS) is 12.1. The van der Waals surface area contributed by atoms with Crippen LogP contribution in [0, 0.1) is 0 Å². The van der Waals surface area contributed by atoms with Gasteiger partial charge in [-0.1, -0.05) is 161 Å². The maximum absolute atomic E-state index is 12.6. The lowest BCUT2D eigenvalue weighted by molar-refractivity contribution is -0.167. The van der Waals surface area contributed by atoms with E-state index < -0.39 is 6.10 Å². The van der Waals surface area contributed by atoms with Gasteiger partial charge in [0.05, 0.1) is 0 Å². The van der Waals surface area contributed by atoms with E-state index in [2.05, 4.69) is 45.1 Å². The van der Waals surface area contributed by atoms with Crippen LogP contribution in [-0.2, 0) is 28.6 Å². The minimum atomic E-state index is -0.770. The number of ether oxygens (including phenoxy) is 3. The number of carbonyl (C=O) groups is 3. The molecule has 292 valence electrons. The molecule has 0 bridgehead atoms. The quantitative estimate of drug-likeness (QED) is 0.0275. The molecule has 0 spiro atoms. The molecule has 50 heavy (non-hydrogen) atoms. The van der Waals surface area contributed by atoms with Crippen LogP contribution in [0.5, 0.6) is 0 Å². The minimum absolute atomic E-state index is 0.0752. The Labute approximate surface area is 309 Å². The predicted octanol–water partition coefficient (Wildman–Crippen LogP) is 13.2. The summed E-state index contributed by atoms with van der Waals surface area (Å²) in [5.41, 5.74) is 0. The van der Waals surface area contributed by atoms with Crippen LogP contribution < -0.4 is 0 Å². The van der Waals surface area contributed by atoms with Crippen molar-refractivity contribution in [3.8, 4) is 0 Å². The van der Waals surface area contributed by atoms with Gasteiger partial charge in [0.15, 0.2) is 6.10 Å². The van der Waals surface area contributed by atoms with Gasteiger partial charge in [0.25, 0.3) is 0 Å². The molecule has 1 atom stereocenters. The van der Waals surface area contributed by atoms with Gasteiger partial charge in [-0.25, -0.2) is 0 Å². The van der Waals surface area contributed by atoms with Crippen molar-refractivity contribution in [1.29, 1.82) is 0 Å². The molecule has 0 N–H and O–H groups in total. The third kappa shape index (κ3) is 37.2. The summed E-state index contributed by atoms with van der Waals surface area (Å²) in [6, 6.07) is 0. The number of esters is 3. The van der Waals surface area contributed by atoms with E-state index in [0.717, 1.165) is 83.5 Å². The maximum Gasteiger partial charge on any atom is 0.306 e. The first-order chi connectivity index (χ1) is 24.5. The monoisotopic (exact) mass is 705 g/mol. The van der Waals surface area contributed by atoms with Gasteiger partial charge < -0.3 is 14.2 Å². The molecular weight excluding hydrogens is 624 g/mol. The van der Waals surface area contributed by atoms with Crippen LogP contribution >= 0.6 is 0 Å². The second kappa shape index (κ2) is 39.7. The Morgan fingerprint density at radius 2 is 0.700 bits per heavy atom. The van der Waals surface area contributed by atoms with Crippen molar-refractivity contribution in [3.63, 3.8) is 0 Å². The van der Waals surface area contributed by atoms with Crippen LogP contribution in [0.1, 0.15) is 220 Å². The highest BCUT2D eigenvalue weighted by Crippen LogP contribution is 2.14. The fraction of sp³-hybridized carbons (Fsp3) is 0.841. The maximum atomic E-state index is 12.6. The van der Waals surface area contributed by atoms with Crippen molar-refractivity contribution in [2.75, 3.05) is 13.2 Å². The Morgan fingerprint density at radius 3 is 1.12 bits per heavy atom. The van der Waals surface area contributed by atoms with Gasteiger partial charge in [0.1, 0.15) is 13.2 Å². The first-order valence-corrected chi connectivity index (χ1v) is 21.3. The second-order valence-corrected chi connectivity index (χ2v) is 14.3. The Hall–Kier alpha value is -2.11. The molecule has 0 fully saturated rings. The topological polar surface area (TPSA) is 78.9 Å². The van der Waals surface area contributed by atoms with E-state index in [0.29, 0.717) is 19.3 Å². The fourth-order valence-electron chi connectivity index (χ4n) is 5.91. The summed E-state index contributed by atoms with van der Waals surface area (Å²) >= 11 is 0. The highest BCUT2D eigenvalue weighted by molar-refractivity contribution is 5.71. The molecule has 0 aromatic rings. The molecule has 0 aliphatic heterocycles. The molecule has 0 rings (SSSR count). The van der Waals surface area contributed by atoms with Crippen molar-refractivity contribution in [3.05, 3.63) is 24.3 Å². The minimum Gasteiger partial charge on any atom is -0.462 e. The molecule has 0 saturated carbocycles. The van der Waals surface area contributed by atoms with Gasteiger partial charge in [-0.15, -0.1) is 0 Å². The Balaban J connectivity index is 4.37. The molecule has 0 aliphatic rings. The van der Waals surface area contributed by atoms with Crippen LogP contribution in [0.2, 0.25) is 0 Å². The molecule has 0 heterocycles. The predicted molar refractivity (Wildman–Crippen MR) is 210 cm³/mol. The smallest absolute Gasteiger partial charge is 0.306 e. The van der Waals surface area contributed by atoms with E-state index >= 15 is 0 Å². The molecule has 0 aromatic carbocycles. The van der Waals surface area contributed by atoms with E-state index in [9.17, 15) is 14.4 Å². The van der Waals surface area contributed by atoms with Crippen LogP contribution in [0.25, 0.3) is 0 Å². The van der Waals surface area contributed by atoms with E-state index in [4.69, 9.17) is 14.2 Å². The molecule has 0 aliphatic carbocycles. The molecule has 0 radical (unpaired) electrons. The lowest BCUT2D eigenvalue weighted by Crippen LogP contribution is -2.30. The zero-order chi connectivity index (χ0) is 36.6. The van der Waals surface area contributed by atoms with E-state index in [1.807, 2.05) is 0 Å². The van der Waals surface area contributed by atoms with E-state index in [1.54, 1.807) is 0 Å². The highest BCUT2D eigenvalue weighted by Gasteiger charge is 2.19. The van der Waals surface area contributed by atoms with Crippen molar-refractivity contribution < 1.29 is 28.6 Å². The van der Waals surface area contributed by atoms with Gasteiger partial charge in [-0.2, -0.15) is 0 Å².